The van der Waals surface area contributed by atoms with Gasteiger partial charge in [-0.2, -0.15) is 9.61 Å². The number of aromatic nitrogens is 4. The van der Waals surface area contributed by atoms with Gasteiger partial charge >= 0.3 is 0 Å². The van der Waals surface area contributed by atoms with Crippen molar-refractivity contribution >= 4 is 16.3 Å². The molecule has 2 aromatic rings. The molecule has 7 heteroatoms. The maximum atomic E-state index is 4.76. The van der Waals surface area contributed by atoms with Crippen LogP contribution in [0.1, 0.15) is 42.4 Å². The standard InChI is InChI=1S/C13H20N6S/c1-2-4-10(3-1)12-15-16-13-19(12)17-11(20-13)9-18-7-5-14-6-8-18/h10,14H,1-9H2. The van der Waals surface area contributed by atoms with Gasteiger partial charge in [-0.15, -0.1) is 10.2 Å². The summed E-state index contributed by atoms with van der Waals surface area (Å²) < 4.78 is 2.00. The van der Waals surface area contributed by atoms with Gasteiger partial charge in [-0.1, -0.05) is 24.2 Å². The van der Waals surface area contributed by atoms with Crippen molar-refractivity contribution in [1.29, 1.82) is 0 Å². The quantitative estimate of drug-likeness (QED) is 0.922. The number of hydrogen-bond donors (Lipinski definition) is 1. The minimum Gasteiger partial charge on any atom is -0.314 e. The number of piperazine rings is 1. The summed E-state index contributed by atoms with van der Waals surface area (Å²) in [6.07, 6.45) is 5.12. The zero-order chi connectivity index (χ0) is 13.4. The summed E-state index contributed by atoms with van der Waals surface area (Å²) in [7, 11) is 0. The molecule has 0 bridgehead atoms. The normalized spacial score (nSPS) is 22.0. The summed E-state index contributed by atoms with van der Waals surface area (Å²) >= 11 is 1.69. The molecule has 6 nitrogen and oxygen atoms in total. The molecular weight excluding hydrogens is 272 g/mol. The Balaban J connectivity index is 1.55. The van der Waals surface area contributed by atoms with Gasteiger partial charge in [0.25, 0.3) is 0 Å². The molecule has 1 N–H and O–H groups in total. The van der Waals surface area contributed by atoms with E-state index < -0.39 is 0 Å². The third kappa shape index (κ3) is 2.34. The zero-order valence-electron chi connectivity index (χ0n) is 11.6. The predicted molar refractivity (Wildman–Crippen MR) is 78.0 cm³/mol. The lowest BCUT2D eigenvalue weighted by Gasteiger charge is -2.25. The van der Waals surface area contributed by atoms with E-state index in [2.05, 4.69) is 20.4 Å². The minimum atomic E-state index is 0.569. The van der Waals surface area contributed by atoms with Crippen LogP contribution < -0.4 is 5.32 Å². The van der Waals surface area contributed by atoms with E-state index in [-0.39, 0.29) is 0 Å². The highest BCUT2D eigenvalue weighted by molar-refractivity contribution is 7.16. The third-order valence-corrected chi connectivity index (χ3v) is 5.23. The van der Waals surface area contributed by atoms with Crippen molar-refractivity contribution in [3.63, 3.8) is 0 Å². The SMILES string of the molecule is C1CCC(c2nnc3sc(CN4CCNCC4)nn23)C1. The average Bonchev–Trinajstić information content (AvgIpc) is 3.15. The Labute approximate surface area is 122 Å². The second kappa shape index (κ2) is 5.38. The maximum absolute atomic E-state index is 4.76. The summed E-state index contributed by atoms with van der Waals surface area (Å²) in [6.45, 7) is 5.32. The molecule has 2 aromatic heterocycles. The number of nitrogens with zero attached hydrogens (tertiary/aromatic N) is 5. The first-order chi connectivity index (χ1) is 9.90. The molecule has 0 unspecified atom stereocenters. The maximum Gasteiger partial charge on any atom is 0.234 e. The molecule has 0 spiro atoms. The lowest BCUT2D eigenvalue weighted by molar-refractivity contribution is 0.232. The second-order valence-electron chi connectivity index (χ2n) is 5.76. The molecule has 0 radical (unpaired) electrons. The molecule has 2 fully saturated rings. The van der Waals surface area contributed by atoms with Crippen LogP contribution in [0.3, 0.4) is 0 Å². The largest absolute Gasteiger partial charge is 0.314 e. The first kappa shape index (κ1) is 12.7. The fourth-order valence-electron chi connectivity index (χ4n) is 3.23. The van der Waals surface area contributed by atoms with Gasteiger partial charge in [0.05, 0.1) is 6.54 Å². The van der Waals surface area contributed by atoms with E-state index in [0.717, 1.165) is 48.5 Å². The summed E-state index contributed by atoms with van der Waals surface area (Å²) in [5.74, 6) is 1.65. The number of fused-ring (bicyclic) bond motifs is 1. The second-order valence-corrected chi connectivity index (χ2v) is 6.80. The Morgan fingerprint density at radius 3 is 2.75 bits per heavy atom. The molecule has 0 amide bonds. The number of hydrogen-bond acceptors (Lipinski definition) is 6. The predicted octanol–water partition coefficient (Wildman–Crippen LogP) is 1.25. The van der Waals surface area contributed by atoms with Gasteiger partial charge in [0.15, 0.2) is 5.82 Å². The van der Waals surface area contributed by atoms with Crippen molar-refractivity contribution in [2.45, 2.75) is 38.1 Å². The zero-order valence-corrected chi connectivity index (χ0v) is 12.4. The van der Waals surface area contributed by atoms with Crippen LogP contribution in [0.2, 0.25) is 0 Å². The fraction of sp³-hybridized carbons (Fsp3) is 0.769. The molecule has 1 aliphatic carbocycles. The van der Waals surface area contributed by atoms with Gasteiger partial charge in [-0.25, -0.2) is 0 Å². The Bertz CT molecular complexity index is 579. The minimum absolute atomic E-state index is 0.569. The van der Waals surface area contributed by atoms with E-state index >= 15 is 0 Å². The molecular formula is C13H20N6S. The molecule has 1 saturated carbocycles. The van der Waals surface area contributed by atoms with Crippen LogP contribution in [-0.4, -0.2) is 50.9 Å². The van der Waals surface area contributed by atoms with Crippen LogP contribution in [0.4, 0.5) is 0 Å². The van der Waals surface area contributed by atoms with Crippen molar-refractivity contribution < 1.29 is 0 Å². The van der Waals surface area contributed by atoms with E-state index in [9.17, 15) is 0 Å². The average molecular weight is 292 g/mol. The van der Waals surface area contributed by atoms with Crippen LogP contribution in [0.5, 0.6) is 0 Å². The molecule has 20 heavy (non-hydrogen) atoms. The van der Waals surface area contributed by atoms with Gasteiger partial charge in [-0.3, -0.25) is 4.90 Å². The van der Waals surface area contributed by atoms with Crippen LogP contribution >= 0.6 is 11.3 Å². The highest BCUT2D eigenvalue weighted by Gasteiger charge is 2.24. The van der Waals surface area contributed by atoms with Crippen molar-refractivity contribution in [2.24, 2.45) is 0 Å². The van der Waals surface area contributed by atoms with Crippen molar-refractivity contribution in [3.05, 3.63) is 10.8 Å². The Kier molecular flexibility index (Phi) is 3.41. The fourth-order valence-corrected chi connectivity index (χ4v) is 4.12. The number of rotatable bonds is 3. The Morgan fingerprint density at radius 1 is 1.15 bits per heavy atom. The van der Waals surface area contributed by atoms with Crippen LogP contribution in [0.15, 0.2) is 0 Å². The van der Waals surface area contributed by atoms with Crippen molar-refractivity contribution in [1.82, 2.24) is 30.0 Å². The highest BCUT2D eigenvalue weighted by atomic mass is 32.1. The van der Waals surface area contributed by atoms with Gasteiger partial charge in [0, 0.05) is 32.1 Å². The Morgan fingerprint density at radius 2 is 1.95 bits per heavy atom. The molecule has 1 aliphatic heterocycles. The lowest BCUT2D eigenvalue weighted by Crippen LogP contribution is -2.42. The summed E-state index contributed by atoms with van der Waals surface area (Å²) in [6, 6.07) is 0. The number of nitrogens with one attached hydrogen (secondary N) is 1. The molecule has 0 aromatic carbocycles. The van der Waals surface area contributed by atoms with E-state index in [1.807, 2.05) is 4.52 Å². The molecule has 1 saturated heterocycles. The van der Waals surface area contributed by atoms with Gasteiger partial charge in [0.2, 0.25) is 4.96 Å². The van der Waals surface area contributed by atoms with Crippen LogP contribution in [-0.2, 0) is 6.54 Å². The lowest BCUT2D eigenvalue weighted by atomic mass is 10.1. The smallest absolute Gasteiger partial charge is 0.234 e. The topological polar surface area (TPSA) is 58.4 Å². The van der Waals surface area contributed by atoms with Gasteiger partial charge in [-0.05, 0) is 12.8 Å². The molecule has 4 rings (SSSR count). The Hall–Kier alpha value is -1.05. The first-order valence-corrected chi connectivity index (χ1v) is 8.36. The van der Waals surface area contributed by atoms with Gasteiger partial charge < -0.3 is 5.32 Å². The molecule has 108 valence electrons. The summed E-state index contributed by atoms with van der Waals surface area (Å²) in [5.41, 5.74) is 0. The van der Waals surface area contributed by atoms with Crippen molar-refractivity contribution in [3.8, 4) is 0 Å². The molecule has 0 atom stereocenters. The summed E-state index contributed by atoms with van der Waals surface area (Å²) in [5, 5.41) is 18.0. The summed E-state index contributed by atoms with van der Waals surface area (Å²) in [4.78, 5) is 3.41. The molecule has 3 heterocycles. The van der Waals surface area contributed by atoms with Gasteiger partial charge in [0.1, 0.15) is 5.01 Å². The van der Waals surface area contributed by atoms with E-state index in [4.69, 9.17) is 5.10 Å². The van der Waals surface area contributed by atoms with Crippen LogP contribution in [0.25, 0.3) is 4.96 Å². The van der Waals surface area contributed by atoms with E-state index in [1.165, 1.54) is 25.7 Å². The first-order valence-electron chi connectivity index (χ1n) is 7.54. The van der Waals surface area contributed by atoms with Crippen LogP contribution in [0, 0.1) is 0 Å². The highest BCUT2D eigenvalue weighted by Crippen LogP contribution is 2.33. The van der Waals surface area contributed by atoms with E-state index in [0.29, 0.717) is 5.92 Å². The molecule has 2 aliphatic rings. The third-order valence-electron chi connectivity index (χ3n) is 4.35. The monoisotopic (exact) mass is 292 g/mol. The van der Waals surface area contributed by atoms with Crippen molar-refractivity contribution in [2.75, 3.05) is 26.2 Å². The van der Waals surface area contributed by atoms with E-state index in [1.54, 1.807) is 11.3 Å².